The second kappa shape index (κ2) is 5.49. The Kier molecular flexibility index (Phi) is 3.53. The summed E-state index contributed by atoms with van der Waals surface area (Å²) in [5.74, 6) is 1.60. The number of aryl methyl sites for hydroxylation is 1. The van der Waals surface area contributed by atoms with Gasteiger partial charge in [0.2, 0.25) is 6.79 Å². The number of hydrogen-bond acceptors (Lipinski definition) is 5. The van der Waals surface area contributed by atoms with Crippen LogP contribution in [-0.4, -0.2) is 18.9 Å². The molecule has 0 unspecified atom stereocenters. The highest BCUT2D eigenvalue weighted by Crippen LogP contribution is 2.36. The van der Waals surface area contributed by atoms with Crippen LogP contribution in [0.4, 0.5) is 0 Å². The van der Waals surface area contributed by atoms with Crippen LogP contribution >= 0.6 is 11.6 Å². The van der Waals surface area contributed by atoms with Gasteiger partial charge in [-0.05, 0) is 25.1 Å². The lowest BCUT2D eigenvalue weighted by Gasteiger charge is -2.01. The molecule has 108 valence electrons. The SMILES string of the molecule is Cc1ccc(C(=O)N/N=C\c2cc3c(cc2Cl)OCO3)o1. The summed E-state index contributed by atoms with van der Waals surface area (Å²) in [7, 11) is 0. The zero-order chi connectivity index (χ0) is 14.8. The maximum absolute atomic E-state index is 11.7. The minimum Gasteiger partial charge on any atom is -0.456 e. The summed E-state index contributed by atoms with van der Waals surface area (Å²) < 4.78 is 15.6. The lowest BCUT2D eigenvalue weighted by Crippen LogP contribution is -2.16. The van der Waals surface area contributed by atoms with E-state index < -0.39 is 5.91 Å². The van der Waals surface area contributed by atoms with Gasteiger partial charge in [0.1, 0.15) is 5.76 Å². The van der Waals surface area contributed by atoms with Crippen molar-refractivity contribution in [2.45, 2.75) is 6.92 Å². The molecule has 1 aliphatic heterocycles. The van der Waals surface area contributed by atoms with Gasteiger partial charge in [-0.15, -0.1) is 0 Å². The minimum atomic E-state index is -0.434. The lowest BCUT2D eigenvalue weighted by atomic mass is 10.2. The molecule has 1 amide bonds. The van der Waals surface area contributed by atoms with Crippen molar-refractivity contribution in [1.82, 2.24) is 5.43 Å². The van der Waals surface area contributed by atoms with E-state index in [2.05, 4.69) is 10.5 Å². The van der Waals surface area contributed by atoms with Crippen LogP contribution < -0.4 is 14.9 Å². The normalized spacial score (nSPS) is 12.9. The van der Waals surface area contributed by atoms with Crippen molar-refractivity contribution < 1.29 is 18.7 Å². The third-order valence-electron chi connectivity index (χ3n) is 2.83. The fourth-order valence-electron chi connectivity index (χ4n) is 1.80. The average molecular weight is 307 g/mol. The number of hydrogen-bond donors (Lipinski definition) is 1. The molecule has 0 atom stereocenters. The Labute approximate surface area is 125 Å². The van der Waals surface area contributed by atoms with Gasteiger partial charge in [0.05, 0.1) is 11.2 Å². The molecule has 0 aliphatic carbocycles. The number of ether oxygens (including phenoxy) is 2. The predicted molar refractivity (Wildman–Crippen MR) is 76.1 cm³/mol. The molecule has 2 aromatic rings. The summed E-state index contributed by atoms with van der Waals surface area (Å²) in [5, 5.41) is 4.30. The van der Waals surface area contributed by atoms with Crippen molar-refractivity contribution in [2.24, 2.45) is 5.10 Å². The summed E-state index contributed by atoms with van der Waals surface area (Å²) >= 11 is 6.09. The molecule has 21 heavy (non-hydrogen) atoms. The highest BCUT2D eigenvalue weighted by Gasteiger charge is 2.15. The topological polar surface area (TPSA) is 73.1 Å². The minimum absolute atomic E-state index is 0.167. The third kappa shape index (κ3) is 2.85. The van der Waals surface area contributed by atoms with Gasteiger partial charge < -0.3 is 13.9 Å². The maximum atomic E-state index is 11.7. The molecular weight excluding hydrogens is 296 g/mol. The van der Waals surface area contributed by atoms with Crippen LogP contribution in [0.2, 0.25) is 5.02 Å². The Morgan fingerprint density at radius 3 is 2.81 bits per heavy atom. The molecule has 6 nitrogen and oxygen atoms in total. The van der Waals surface area contributed by atoms with E-state index in [-0.39, 0.29) is 12.6 Å². The largest absolute Gasteiger partial charge is 0.456 e. The summed E-state index contributed by atoms with van der Waals surface area (Å²) in [6, 6.07) is 6.61. The van der Waals surface area contributed by atoms with Crippen LogP contribution in [0.1, 0.15) is 21.9 Å². The molecule has 2 heterocycles. The van der Waals surface area contributed by atoms with Crippen molar-refractivity contribution in [2.75, 3.05) is 6.79 Å². The second-order valence-electron chi connectivity index (χ2n) is 4.34. The molecule has 0 fully saturated rings. The second-order valence-corrected chi connectivity index (χ2v) is 4.74. The number of rotatable bonds is 3. The first-order valence-corrected chi connectivity index (χ1v) is 6.50. The van der Waals surface area contributed by atoms with Crippen LogP contribution in [0, 0.1) is 6.92 Å². The molecule has 3 rings (SSSR count). The van der Waals surface area contributed by atoms with E-state index in [1.807, 2.05) is 0 Å². The molecule has 1 aromatic heterocycles. The summed E-state index contributed by atoms with van der Waals surface area (Å²) in [6.45, 7) is 1.92. The standard InChI is InChI=1S/C14H11ClN2O4/c1-8-2-3-11(21-8)14(18)17-16-6-9-4-12-13(5-10(9)15)20-7-19-12/h2-6H,7H2,1H3,(H,17,18)/b16-6-. The predicted octanol–water partition coefficient (Wildman–Crippen LogP) is 2.73. The number of carbonyl (C=O) groups excluding carboxylic acids is 1. The number of nitrogens with zero attached hydrogens (tertiary/aromatic N) is 1. The molecule has 1 N–H and O–H groups in total. The molecule has 1 aromatic carbocycles. The first-order valence-electron chi connectivity index (χ1n) is 6.12. The fourth-order valence-corrected chi connectivity index (χ4v) is 2.01. The number of carbonyl (C=O) groups is 1. The van der Waals surface area contributed by atoms with E-state index >= 15 is 0 Å². The van der Waals surface area contributed by atoms with E-state index in [9.17, 15) is 4.79 Å². The fraction of sp³-hybridized carbons (Fsp3) is 0.143. The first-order chi connectivity index (χ1) is 10.1. The number of benzene rings is 1. The van der Waals surface area contributed by atoms with Gasteiger partial charge in [-0.25, -0.2) is 5.43 Å². The third-order valence-corrected chi connectivity index (χ3v) is 3.15. The van der Waals surface area contributed by atoms with E-state index in [1.54, 1.807) is 31.2 Å². The Bertz CT molecular complexity index is 724. The molecule has 1 aliphatic rings. The average Bonchev–Trinajstić information content (AvgIpc) is 3.07. The number of nitrogens with one attached hydrogen (secondary N) is 1. The zero-order valence-corrected chi connectivity index (χ0v) is 11.8. The van der Waals surface area contributed by atoms with Crippen LogP contribution in [-0.2, 0) is 0 Å². The smallest absolute Gasteiger partial charge is 0.307 e. The van der Waals surface area contributed by atoms with Crippen LogP contribution in [0.15, 0.2) is 33.8 Å². The summed E-state index contributed by atoms with van der Waals surface area (Å²) in [6.07, 6.45) is 1.43. The van der Waals surface area contributed by atoms with Crippen molar-refractivity contribution >= 4 is 23.7 Å². The van der Waals surface area contributed by atoms with Gasteiger partial charge in [0, 0.05) is 11.6 Å². The van der Waals surface area contributed by atoms with E-state index in [4.69, 9.17) is 25.5 Å². The first kappa shape index (κ1) is 13.5. The number of halogens is 1. The summed E-state index contributed by atoms with van der Waals surface area (Å²) in [4.78, 5) is 11.7. The van der Waals surface area contributed by atoms with Crippen molar-refractivity contribution in [3.63, 3.8) is 0 Å². The molecule has 7 heteroatoms. The molecule has 0 bridgehead atoms. The van der Waals surface area contributed by atoms with Gasteiger partial charge in [0.25, 0.3) is 0 Å². The highest BCUT2D eigenvalue weighted by atomic mass is 35.5. The number of amides is 1. The van der Waals surface area contributed by atoms with Gasteiger partial charge in [-0.2, -0.15) is 5.10 Å². The lowest BCUT2D eigenvalue weighted by molar-refractivity contribution is 0.0926. The number of hydrazone groups is 1. The van der Waals surface area contributed by atoms with Crippen molar-refractivity contribution in [3.05, 3.63) is 46.4 Å². The molecular formula is C14H11ClN2O4. The van der Waals surface area contributed by atoms with Gasteiger partial charge >= 0.3 is 5.91 Å². The van der Waals surface area contributed by atoms with E-state index in [0.29, 0.717) is 27.8 Å². The van der Waals surface area contributed by atoms with Crippen molar-refractivity contribution in [3.8, 4) is 11.5 Å². The monoisotopic (exact) mass is 306 g/mol. The van der Waals surface area contributed by atoms with E-state index in [0.717, 1.165) is 0 Å². The Morgan fingerprint density at radius 2 is 2.10 bits per heavy atom. The van der Waals surface area contributed by atoms with Crippen LogP contribution in [0.5, 0.6) is 11.5 Å². The zero-order valence-electron chi connectivity index (χ0n) is 11.1. The summed E-state index contributed by atoms with van der Waals surface area (Å²) in [5.41, 5.74) is 2.97. The van der Waals surface area contributed by atoms with Crippen LogP contribution in [0.3, 0.4) is 0 Å². The molecule has 0 saturated heterocycles. The number of fused-ring (bicyclic) bond motifs is 1. The molecule has 0 radical (unpaired) electrons. The molecule has 0 saturated carbocycles. The quantitative estimate of drug-likeness (QED) is 0.699. The Balaban J connectivity index is 1.70. The number of furan rings is 1. The maximum Gasteiger partial charge on any atom is 0.307 e. The Morgan fingerprint density at radius 1 is 1.33 bits per heavy atom. The highest BCUT2D eigenvalue weighted by molar-refractivity contribution is 6.33. The molecule has 0 spiro atoms. The van der Waals surface area contributed by atoms with Crippen molar-refractivity contribution in [1.29, 1.82) is 0 Å². The van der Waals surface area contributed by atoms with Gasteiger partial charge in [-0.1, -0.05) is 11.6 Å². The van der Waals surface area contributed by atoms with E-state index in [1.165, 1.54) is 6.21 Å². The van der Waals surface area contributed by atoms with Gasteiger partial charge in [0.15, 0.2) is 17.3 Å². The Hall–Kier alpha value is -2.47. The van der Waals surface area contributed by atoms with Gasteiger partial charge in [-0.3, -0.25) is 4.79 Å². The van der Waals surface area contributed by atoms with Crippen LogP contribution in [0.25, 0.3) is 0 Å².